The standard InChI is InChI=1S/C11H13NO4S/c1-6(10(13)14)12-3-2-8-7(5-12)4-9(17-8)11(15)16/h4,6H,2-3,5H2,1H3,(H,13,14)(H,15,16). The number of nitrogens with zero attached hydrogens (tertiary/aromatic N) is 1. The lowest BCUT2D eigenvalue weighted by Gasteiger charge is -2.29. The number of rotatable bonds is 3. The van der Waals surface area contributed by atoms with E-state index in [-0.39, 0.29) is 0 Å². The van der Waals surface area contributed by atoms with Crippen LogP contribution in [0.2, 0.25) is 0 Å². The van der Waals surface area contributed by atoms with Crippen LogP contribution in [0.3, 0.4) is 0 Å². The average molecular weight is 255 g/mol. The first-order chi connectivity index (χ1) is 7.99. The van der Waals surface area contributed by atoms with E-state index in [0.717, 1.165) is 16.9 Å². The van der Waals surface area contributed by atoms with Gasteiger partial charge in [0.2, 0.25) is 0 Å². The monoisotopic (exact) mass is 255 g/mol. The number of fused-ring (bicyclic) bond motifs is 1. The fraction of sp³-hybridized carbons (Fsp3) is 0.455. The minimum atomic E-state index is -0.915. The van der Waals surface area contributed by atoms with Crippen molar-refractivity contribution in [3.63, 3.8) is 0 Å². The van der Waals surface area contributed by atoms with Crippen LogP contribution in [0.5, 0.6) is 0 Å². The van der Waals surface area contributed by atoms with Crippen LogP contribution in [0.4, 0.5) is 0 Å². The normalized spacial score (nSPS) is 17.5. The van der Waals surface area contributed by atoms with Gasteiger partial charge in [-0.2, -0.15) is 0 Å². The molecule has 1 aromatic rings. The maximum Gasteiger partial charge on any atom is 0.345 e. The van der Waals surface area contributed by atoms with Crippen molar-refractivity contribution in [2.24, 2.45) is 0 Å². The summed E-state index contributed by atoms with van der Waals surface area (Å²) in [5.74, 6) is -1.76. The van der Waals surface area contributed by atoms with E-state index in [1.807, 2.05) is 4.90 Å². The van der Waals surface area contributed by atoms with Crippen LogP contribution in [-0.4, -0.2) is 39.6 Å². The SMILES string of the molecule is CC(C(=O)O)N1CCc2sc(C(=O)O)cc2C1. The third-order valence-corrected chi connectivity index (χ3v) is 4.24. The number of hydrogen-bond donors (Lipinski definition) is 2. The van der Waals surface area contributed by atoms with E-state index < -0.39 is 18.0 Å². The molecule has 1 aromatic heterocycles. The second kappa shape index (κ2) is 4.46. The molecular formula is C11H13NO4S. The third kappa shape index (κ3) is 2.32. The number of aromatic carboxylic acids is 1. The number of hydrogen-bond acceptors (Lipinski definition) is 4. The van der Waals surface area contributed by atoms with E-state index in [1.54, 1.807) is 13.0 Å². The molecule has 0 saturated heterocycles. The molecule has 1 aliphatic rings. The first-order valence-electron chi connectivity index (χ1n) is 5.30. The molecule has 0 radical (unpaired) electrons. The number of carboxylic acids is 2. The van der Waals surface area contributed by atoms with Crippen LogP contribution < -0.4 is 0 Å². The number of carboxylic acid groups (broad SMARTS) is 2. The van der Waals surface area contributed by atoms with Gasteiger partial charge >= 0.3 is 11.9 Å². The summed E-state index contributed by atoms with van der Waals surface area (Å²) in [4.78, 5) is 25.0. The number of carbonyl (C=O) groups is 2. The summed E-state index contributed by atoms with van der Waals surface area (Å²) in [7, 11) is 0. The van der Waals surface area contributed by atoms with Crippen LogP contribution in [0, 0.1) is 0 Å². The molecule has 2 N–H and O–H groups in total. The van der Waals surface area contributed by atoms with Crippen molar-refractivity contribution >= 4 is 23.3 Å². The molecular weight excluding hydrogens is 242 g/mol. The minimum absolute atomic E-state index is 0.333. The lowest BCUT2D eigenvalue weighted by atomic mass is 10.1. The molecule has 0 fully saturated rings. The van der Waals surface area contributed by atoms with Crippen molar-refractivity contribution < 1.29 is 19.8 Å². The molecule has 92 valence electrons. The molecule has 5 nitrogen and oxygen atoms in total. The summed E-state index contributed by atoms with van der Waals surface area (Å²) in [5, 5.41) is 17.8. The maximum absolute atomic E-state index is 10.9. The smallest absolute Gasteiger partial charge is 0.345 e. The fourth-order valence-corrected chi connectivity index (χ4v) is 2.95. The highest BCUT2D eigenvalue weighted by Crippen LogP contribution is 2.28. The van der Waals surface area contributed by atoms with Gasteiger partial charge in [-0.25, -0.2) is 4.79 Å². The average Bonchev–Trinajstić information content (AvgIpc) is 2.70. The summed E-state index contributed by atoms with van der Waals surface area (Å²) in [6.45, 7) is 2.84. The van der Waals surface area contributed by atoms with Gasteiger partial charge in [-0.05, 0) is 25.0 Å². The zero-order valence-electron chi connectivity index (χ0n) is 9.34. The van der Waals surface area contributed by atoms with Crippen LogP contribution >= 0.6 is 11.3 Å². The van der Waals surface area contributed by atoms with Crippen LogP contribution in [-0.2, 0) is 17.8 Å². The summed E-state index contributed by atoms with van der Waals surface area (Å²) < 4.78 is 0. The minimum Gasteiger partial charge on any atom is -0.480 e. The fourth-order valence-electron chi connectivity index (χ4n) is 1.95. The van der Waals surface area contributed by atoms with Crippen LogP contribution in [0.25, 0.3) is 0 Å². The van der Waals surface area contributed by atoms with Crippen molar-refractivity contribution in [1.29, 1.82) is 0 Å². The lowest BCUT2D eigenvalue weighted by Crippen LogP contribution is -2.41. The number of aliphatic carboxylic acids is 1. The predicted octanol–water partition coefficient (Wildman–Crippen LogP) is 1.28. The van der Waals surface area contributed by atoms with Gasteiger partial charge in [-0.1, -0.05) is 0 Å². The molecule has 0 saturated carbocycles. The molecule has 1 aliphatic heterocycles. The summed E-state index contributed by atoms with van der Waals surface area (Å²) in [6, 6.07) is 1.12. The van der Waals surface area contributed by atoms with Gasteiger partial charge in [0.1, 0.15) is 10.9 Å². The maximum atomic E-state index is 10.9. The summed E-state index contributed by atoms with van der Waals surface area (Å²) in [5.41, 5.74) is 0.951. The molecule has 17 heavy (non-hydrogen) atoms. The Labute approximate surface area is 102 Å². The number of thiophene rings is 1. The highest BCUT2D eigenvalue weighted by atomic mass is 32.1. The molecule has 2 rings (SSSR count). The van der Waals surface area contributed by atoms with Gasteiger partial charge < -0.3 is 10.2 Å². The van der Waals surface area contributed by atoms with Gasteiger partial charge in [0.25, 0.3) is 0 Å². The van der Waals surface area contributed by atoms with Gasteiger partial charge in [0.15, 0.2) is 0 Å². The molecule has 0 spiro atoms. The zero-order chi connectivity index (χ0) is 12.6. The molecule has 1 unspecified atom stereocenters. The highest BCUT2D eigenvalue weighted by Gasteiger charge is 2.27. The van der Waals surface area contributed by atoms with E-state index >= 15 is 0 Å². The van der Waals surface area contributed by atoms with Crippen molar-refractivity contribution in [1.82, 2.24) is 4.90 Å². The Bertz CT molecular complexity index is 468. The van der Waals surface area contributed by atoms with E-state index in [4.69, 9.17) is 10.2 Å². The zero-order valence-corrected chi connectivity index (χ0v) is 10.2. The quantitative estimate of drug-likeness (QED) is 0.850. The topological polar surface area (TPSA) is 77.8 Å². The molecule has 1 atom stereocenters. The first-order valence-corrected chi connectivity index (χ1v) is 6.12. The van der Waals surface area contributed by atoms with Crippen molar-refractivity contribution in [3.05, 3.63) is 21.4 Å². The van der Waals surface area contributed by atoms with Crippen molar-refractivity contribution in [2.45, 2.75) is 25.9 Å². The Morgan fingerprint density at radius 3 is 2.76 bits per heavy atom. The van der Waals surface area contributed by atoms with Crippen molar-refractivity contribution in [3.8, 4) is 0 Å². The highest BCUT2D eigenvalue weighted by molar-refractivity contribution is 7.14. The van der Waals surface area contributed by atoms with Crippen molar-refractivity contribution in [2.75, 3.05) is 6.54 Å². The van der Waals surface area contributed by atoms with Gasteiger partial charge in [0.05, 0.1) is 0 Å². The second-order valence-corrected chi connectivity index (χ2v) is 5.24. The lowest BCUT2D eigenvalue weighted by molar-refractivity contribution is -0.142. The van der Waals surface area contributed by atoms with Gasteiger partial charge in [0, 0.05) is 18.0 Å². The Morgan fingerprint density at radius 1 is 1.47 bits per heavy atom. The molecule has 2 heterocycles. The van der Waals surface area contributed by atoms with E-state index in [0.29, 0.717) is 18.0 Å². The third-order valence-electron chi connectivity index (χ3n) is 3.01. The van der Waals surface area contributed by atoms with E-state index in [9.17, 15) is 9.59 Å². The molecule has 0 amide bonds. The summed E-state index contributed by atoms with van der Waals surface area (Å²) in [6.07, 6.45) is 0.727. The van der Waals surface area contributed by atoms with E-state index in [2.05, 4.69) is 0 Å². The Kier molecular flexibility index (Phi) is 3.17. The van der Waals surface area contributed by atoms with Gasteiger partial charge in [-0.3, -0.25) is 9.69 Å². The van der Waals surface area contributed by atoms with Gasteiger partial charge in [-0.15, -0.1) is 11.3 Å². The Hall–Kier alpha value is -1.40. The second-order valence-electron chi connectivity index (χ2n) is 4.10. The van der Waals surface area contributed by atoms with Crippen LogP contribution in [0.1, 0.15) is 27.0 Å². The molecule has 0 aliphatic carbocycles. The van der Waals surface area contributed by atoms with E-state index in [1.165, 1.54) is 11.3 Å². The van der Waals surface area contributed by atoms with Crippen LogP contribution in [0.15, 0.2) is 6.07 Å². The molecule has 0 aromatic carbocycles. The Balaban J connectivity index is 2.18. The first kappa shape index (κ1) is 12.1. The molecule has 6 heteroatoms. The molecule has 0 bridgehead atoms. The predicted molar refractivity (Wildman–Crippen MR) is 62.5 cm³/mol. The largest absolute Gasteiger partial charge is 0.480 e. The Morgan fingerprint density at radius 2 is 2.18 bits per heavy atom. The summed E-state index contributed by atoms with van der Waals surface area (Å²) >= 11 is 1.29.